The smallest absolute Gasteiger partial charge is 0.325 e. The van der Waals surface area contributed by atoms with Gasteiger partial charge in [0, 0.05) is 6.04 Å². The first-order chi connectivity index (χ1) is 16.3. The van der Waals surface area contributed by atoms with Crippen LogP contribution in [0.2, 0.25) is 0 Å². The van der Waals surface area contributed by atoms with Gasteiger partial charge in [0.1, 0.15) is 17.8 Å². The van der Waals surface area contributed by atoms with Crippen LogP contribution in [0.5, 0.6) is 5.75 Å². The molecule has 2 fully saturated rings. The first-order valence-electron chi connectivity index (χ1n) is 11.3. The number of ether oxygens (including phenoxy) is 1. The Kier molecular flexibility index (Phi) is 6.54. The van der Waals surface area contributed by atoms with Gasteiger partial charge in [0.25, 0.3) is 11.8 Å². The Morgan fingerprint density at radius 2 is 1.76 bits per heavy atom. The van der Waals surface area contributed by atoms with Crippen molar-refractivity contribution < 1.29 is 23.9 Å². The molecule has 5 amide bonds. The fourth-order valence-corrected chi connectivity index (χ4v) is 4.42. The van der Waals surface area contributed by atoms with Gasteiger partial charge in [-0.05, 0) is 49.6 Å². The number of methoxy groups -OCH3 is 1. The first-order valence-corrected chi connectivity index (χ1v) is 11.3. The Hall–Kier alpha value is -3.88. The van der Waals surface area contributed by atoms with Crippen molar-refractivity contribution in [1.29, 1.82) is 0 Å². The van der Waals surface area contributed by atoms with E-state index in [0.29, 0.717) is 22.6 Å². The van der Waals surface area contributed by atoms with Gasteiger partial charge < -0.3 is 20.7 Å². The maximum absolute atomic E-state index is 13.1. The molecule has 178 valence electrons. The average molecular weight is 465 g/mol. The standard InChI is InChI=1S/C25H28N4O5/c1-25(16-11-13-18(34-2)14-12-16)23(32)29(24(33)28-25)15-21(30)27-20-10-6-5-9-19(20)22(31)26-17-7-3-4-8-17/h5-6,9-14,17H,3-4,7-8,15H2,1-2H3,(H,26,31)(H,27,30)(H,28,33). The van der Waals surface area contributed by atoms with Gasteiger partial charge in [0.05, 0.1) is 18.4 Å². The minimum absolute atomic E-state index is 0.137. The zero-order chi connectivity index (χ0) is 24.3. The fourth-order valence-electron chi connectivity index (χ4n) is 4.42. The van der Waals surface area contributed by atoms with Crippen LogP contribution in [0.4, 0.5) is 10.5 Å². The van der Waals surface area contributed by atoms with Crippen molar-refractivity contribution >= 4 is 29.4 Å². The SMILES string of the molecule is COc1ccc(C2(C)NC(=O)N(CC(=O)Nc3ccccc3C(=O)NC3CCCC3)C2=O)cc1. The Labute approximate surface area is 197 Å². The van der Waals surface area contributed by atoms with Gasteiger partial charge in [0.2, 0.25) is 5.91 Å². The lowest BCUT2D eigenvalue weighted by Crippen LogP contribution is -2.42. The molecule has 34 heavy (non-hydrogen) atoms. The summed E-state index contributed by atoms with van der Waals surface area (Å²) in [7, 11) is 1.54. The van der Waals surface area contributed by atoms with Crippen LogP contribution >= 0.6 is 0 Å². The minimum Gasteiger partial charge on any atom is -0.497 e. The van der Waals surface area contributed by atoms with Crippen LogP contribution in [0.1, 0.15) is 48.5 Å². The molecular weight excluding hydrogens is 436 g/mol. The van der Waals surface area contributed by atoms with Gasteiger partial charge in [-0.25, -0.2) is 4.79 Å². The molecular formula is C25H28N4O5. The lowest BCUT2D eigenvalue weighted by atomic mass is 9.92. The van der Waals surface area contributed by atoms with E-state index in [1.807, 2.05) is 0 Å². The Morgan fingerprint density at radius 1 is 1.09 bits per heavy atom. The van der Waals surface area contributed by atoms with Gasteiger partial charge in [-0.2, -0.15) is 0 Å². The molecule has 0 aromatic heterocycles. The molecule has 2 aromatic carbocycles. The molecule has 2 aliphatic rings. The Morgan fingerprint density at radius 3 is 2.44 bits per heavy atom. The van der Waals surface area contributed by atoms with E-state index < -0.39 is 29.9 Å². The molecule has 1 saturated heterocycles. The van der Waals surface area contributed by atoms with E-state index in [4.69, 9.17) is 4.74 Å². The summed E-state index contributed by atoms with van der Waals surface area (Å²) in [6, 6.07) is 12.9. The summed E-state index contributed by atoms with van der Waals surface area (Å²) in [4.78, 5) is 52.1. The van der Waals surface area contributed by atoms with Crippen molar-refractivity contribution in [2.24, 2.45) is 0 Å². The number of anilines is 1. The molecule has 9 nitrogen and oxygen atoms in total. The van der Waals surface area contributed by atoms with Gasteiger partial charge in [-0.15, -0.1) is 0 Å². The van der Waals surface area contributed by atoms with Crippen molar-refractivity contribution in [3.8, 4) is 5.75 Å². The largest absolute Gasteiger partial charge is 0.497 e. The molecule has 9 heteroatoms. The number of para-hydroxylation sites is 1. The molecule has 1 saturated carbocycles. The molecule has 3 N–H and O–H groups in total. The van der Waals surface area contributed by atoms with Crippen LogP contribution in [0.3, 0.4) is 0 Å². The van der Waals surface area contributed by atoms with Gasteiger partial charge in [0.15, 0.2) is 0 Å². The molecule has 1 aliphatic heterocycles. The highest BCUT2D eigenvalue weighted by molar-refractivity contribution is 6.11. The number of nitrogens with one attached hydrogen (secondary N) is 3. The number of nitrogens with zero attached hydrogens (tertiary/aromatic N) is 1. The second-order valence-electron chi connectivity index (χ2n) is 8.72. The third-order valence-corrected chi connectivity index (χ3v) is 6.38. The number of imide groups is 1. The summed E-state index contributed by atoms with van der Waals surface area (Å²) in [5.74, 6) is -0.755. The average Bonchev–Trinajstić information content (AvgIpc) is 3.42. The summed E-state index contributed by atoms with van der Waals surface area (Å²) >= 11 is 0. The van der Waals surface area contributed by atoms with Crippen molar-refractivity contribution in [3.05, 3.63) is 59.7 Å². The second kappa shape index (κ2) is 9.54. The van der Waals surface area contributed by atoms with Crippen molar-refractivity contribution in [1.82, 2.24) is 15.5 Å². The first kappa shape index (κ1) is 23.3. The van der Waals surface area contributed by atoms with E-state index in [9.17, 15) is 19.2 Å². The number of carbonyl (C=O) groups is 4. The summed E-state index contributed by atoms with van der Waals surface area (Å²) < 4.78 is 5.14. The topological polar surface area (TPSA) is 117 Å². The summed E-state index contributed by atoms with van der Waals surface area (Å²) in [5.41, 5.74) is -0.0672. The highest BCUT2D eigenvalue weighted by Gasteiger charge is 2.49. The van der Waals surface area contributed by atoms with Crippen LogP contribution in [0, 0.1) is 0 Å². The van der Waals surface area contributed by atoms with Gasteiger partial charge in [-0.3, -0.25) is 19.3 Å². The Balaban J connectivity index is 1.44. The number of benzene rings is 2. The zero-order valence-electron chi connectivity index (χ0n) is 19.2. The molecule has 4 rings (SSSR count). The highest BCUT2D eigenvalue weighted by atomic mass is 16.5. The van der Waals surface area contributed by atoms with E-state index >= 15 is 0 Å². The van der Waals surface area contributed by atoms with E-state index in [0.717, 1.165) is 30.6 Å². The third kappa shape index (κ3) is 4.59. The monoisotopic (exact) mass is 464 g/mol. The maximum atomic E-state index is 13.1. The van der Waals surface area contributed by atoms with Crippen LogP contribution in [-0.2, 0) is 15.1 Å². The summed E-state index contributed by atoms with van der Waals surface area (Å²) in [6.45, 7) is 1.12. The normalized spacial score (nSPS) is 20.2. The predicted molar refractivity (Wildman–Crippen MR) is 125 cm³/mol. The van der Waals surface area contributed by atoms with Crippen molar-refractivity contribution in [2.45, 2.75) is 44.2 Å². The van der Waals surface area contributed by atoms with E-state index in [1.54, 1.807) is 55.5 Å². The number of carbonyl (C=O) groups excluding carboxylic acids is 4. The molecule has 1 unspecified atom stereocenters. The van der Waals surface area contributed by atoms with E-state index in [2.05, 4.69) is 16.0 Å². The molecule has 0 radical (unpaired) electrons. The number of hydrogen-bond donors (Lipinski definition) is 3. The zero-order valence-corrected chi connectivity index (χ0v) is 19.2. The third-order valence-electron chi connectivity index (χ3n) is 6.38. The summed E-state index contributed by atoms with van der Waals surface area (Å²) in [6.07, 6.45) is 4.06. The number of rotatable bonds is 7. The molecule has 0 bridgehead atoms. The highest BCUT2D eigenvalue weighted by Crippen LogP contribution is 2.30. The maximum Gasteiger partial charge on any atom is 0.325 e. The van der Waals surface area contributed by atoms with Gasteiger partial charge >= 0.3 is 6.03 Å². The lowest BCUT2D eigenvalue weighted by molar-refractivity contribution is -0.133. The number of urea groups is 1. The number of hydrogen-bond acceptors (Lipinski definition) is 5. The van der Waals surface area contributed by atoms with Crippen LogP contribution < -0.4 is 20.7 Å². The van der Waals surface area contributed by atoms with E-state index in [-0.39, 0.29) is 11.9 Å². The molecule has 1 aliphatic carbocycles. The van der Waals surface area contributed by atoms with Crippen LogP contribution in [0.25, 0.3) is 0 Å². The lowest BCUT2D eigenvalue weighted by Gasteiger charge is -2.22. The predicted octanol–water partition coefficient (Wildman–Crippen LogP) is 2.77. The summed E-state index contributed by atoms with van der Waals surface area (Å²) in [5, 5.41) is 8.36. The quantitative estimate of drug-likeness (QED) is 0.545. The fraction of sp³-hybridized carbons (Fsp3) is 0.360. The van der Waals surface area contributed by atoms with Crippen molar-refractivity contribution in [3.63, 3.8) is 0 Å². The number of amides is 5. The molecule has 1 heterocycles. The van der Waals surface area contributed by atoms with Crippen molar-refractivity contribution in [2.75, 3.05) is 19.0 Å². The van der Waals surface area contributed by atoms with E-state index in [1.165, 1.54) is 7.11 Å². The van der Waals surface area contributed by atoms with Gasteiger partial charge in [-0.1, -0.05) is 37.1 Å². The molecule has 1 atom stereocenters. The molecule has 2 aromatic rings. The van der Waals surface area contributed by atoms with Crippen LogP contribution in [0.15, 0.2) is 48.5 Å². The molecule has 0 spiro atoms. The second-order valence-corrected chi connectivity index (χ2v) is 8.72. The van der Waals surface area contributed by atoms with Crippen LogP contribution in [-0.4, -0.2) is 48.3 Å². The Bertz CT molecular complexity index is 1110. The minimum atomic E-state index is -1.30.